The van der Waals surface area contributed by atoms with E-state index in [1.54, 1.807) is 48.5 Å². The van der Waals surface area contributed by atoms with Crippen molar-refractivity contribution in [1.82, 2.24) is 4.98 Å². The lowest BCUT2D eigenvalue weighted by molar-refractivity contribution is -0.112. The number of nitrogens with one attached hydrogen (secondary N) is 1. The van der Waals surface area contributed by atoms with Crippen LogP contribution in [0, 0.1) is 25.2 Å². The number of hydrogen-bond donors (Lipinski definition) is 1. The molecule has 0 unspecified atom stereocenters. The Morgan fingerprint density at radius 2 is 1.77 bits per heavy atom. The predicted molar refractivity (Wildman–Crippen MR) is 136 cm³/mol. The van der Waals surface area contributed by atoms with Crippen molar-refractivity contribution in [2.45, 2.75) is 13.8 Å². The number of rotatable bonds is 6. The number of ether oxygens (including phenoxy) is 2. The Morgan fingerprint density at radius 1 is 1.03 bits per heavy atom. The number of nitriles is 1. The molecule has 1 N–H and O–H groups in total. The Labute approximate surface area is 206 Å². The second-order valence-corrected chi connectivity index (χ2v) is 8.74. The third-order valence-corrected chi connectivity index (χ3v) is 6.23. The smallest absolute Gasteiger partial charge is 0.343 e. The first kappa shape index (κ1) is 23.7. The summed E-state index contributed by atoms with van der Waals surface area (Å²) in [6.07, 6.45) is 1.43. The quantitative estimate of drug-likeness (QED) is 0.164. The molecular formula is C27H21N3O4S. The van der Waals surface area contributed by atoms with Crippen LogP contribution in [0.25, 0.3) is 16.3 Å². The Balaban J connectivity index is 1.53. The van der Waals surface area contributed by atoms with Crippen molar-refractivity contribution in [3.63, 3.8) is 0 Å². The van der Waals surface area contributed by atoms with Crippen LogP contribution >= 0.6 is 11.3 Å². The molecule has 0 saturated heterocycles. The van der Waals surface area contributed by atoms with Crippen LogP contribution in [0.3, 0.4) is 0 Å². The molecule has 0 aliphatic rings. The van der Waals surface area contributed by atoms with Crippen molar-refractivity contribution in [2.75, 3.05) is 12.4 Å². The highest BCUT2D eigenvalue weighted by Gasteiger charge is 2.15. The molecule has 0 saturated carbocycles. The topological polar surface area (TPSA) is 101 Å². The Hall–Kier alpha value is -4.48. The van der Waals surface area contributed by atoms with Crippen molar-refractivity contribution in [3.8, 4) is 17.6 Å². The minimum atomic E-state index is -0.571. The van der Waals surface area contributed by atoms with Crippen molar-refractivity contribution in [2.24, 2.45) is 0 Å². The van der Waals surface area contributed by atoms with Gasteiger partial charge in [0.25, 0.3) is 5.91 Å². The molecule has 0 aliphatic heterocycles. The van der Waals surface area contributed by atoms with Crippen LogP contribution in [0.2, 0.25) is 0 Å². The summed E-state index contributed by atoms with van der Waals surface area (Å²) in [6.45, 7) is 4.02. The molecule has 1 aromatic heterocycles. The van der Waals surface area contributed by atoms with E-state index in [2.05, 4.69) is 10.3 Å². The van der Waals surface area contributed by atoms with E-state index in [-0.39, 0.29) is 17.1 Å². The first-order chi connectivity index (χ1) is 16.9. The molecule has 174 valence electrons. The largest absolute Gasteiger partial charge is 0.493 e. The van der Waals surface area contributed by atoms with Gasteiger partial charge in [0.1, 0.15) is 11.6 Å². The van der Waals surface area contributed by atoms with Gasteiger partial charge in [-0.05, 0) is 73.0 Å². The molecule has 0 aliphatic carbocycles. The Morgan fingerprint density at radius 3 is 2.49 bits per heavy atom. The summed E-state index contributed by atoms with van der Waals surface area (Å²) >= 11 is 1.35. The lowest BCUT2D eigenvalue weighted by atomic mass is 10.1. The normalized spacial score (nSPS) is 11.1. The predicted octanol–water partition coefficient (Wildman–Crippen LogP) is 5.69. The molecule has 4 rings (SSSR count). The van der Waals surface area contributed by atoms with E-state index in [9.17, 15) is 14.9 Å². The zero-order chi connectivity index (χ0) is 24.9. The molecule has 3 aromatic carbocycles. The molecule has 1 heterocycles. The standard InChI is InChI=1S/C27H21N3O4S/c1-16-11-21-24(12-17(16)2)35-27(29-21)30-25(31)20(15-28)13-18-9-10-22(23(14-18)33-3)34-26(32)19-7-5-4-6-8-19/h4-14H,1-3H3,(H,29,30,31)/b20-13+. The molecule has 7 nitrogen and oxygen atoms in total. The first-order valence-corrected chi connectivity index (χ1v) is 11.5. The van der Waals surface area contributed by atoms with Crippen molar-refractivity contribution < 1.29 is 19.1 Å². The number of esters is 1. The molecule has 0 spiro atoms. The summed E-state index contributed by atoms with van der Waals surface area (Å²) in [5, 5.41) is 12.7. The fourth-order valence-corrected chi connectivity index (χ4v) is 4.25. The molecule has 1 amide bonds. The highest BCUT2D eigenvalue weighted by atomic mass is 32.1. The number of fused-ring (bicyclic) bond motifs is 1. The average molecular weight is 484 g/mol. The van der Waals surface area contributed by atoms with Crippen LogP contribution in [-0.4, -0.2) is 24.0 Å². The van der Waals surface area contributed by atoms with Crippen LogP contribution in [0.15, 0.2) is 66.2 Å². The molecule has 0 radical (unpaired) electrons. The summed E-state index contributed by atoms with van der Waals surface area (Å²) < 4.78 is 11.7. The molecule has 8 heteroatoms. The summed E-state index contributed by atoms with van der Waals surface area (Å²) in [5.41, 5.74) is 3.88. The number of nitrogens with zero attached hydrogens (tertiary/aromatic N) is 2. The van der Waals surface area contributed by atoms with Gasteiger partial charge >= 0.3 is 5.97 Å². The third kappa shape index (κ3) is 5.37. The zero-order valence-corrected chi connectivity index (χ0v) is 20.1. The van der Waals surface area contributed by atoms with Crippen LogP contribution in [0.5, 0.6) is 11.5 Å². The van der Waals surface area contributed by atoms with Gasteiger partial charge < -0.3 is 9.47 Å². The number of thiazole rings is 1. The van der Waals surface area contributed by atoms with Crippen molar-refractivity contribution in [3.05, 3.63) is 88.5 Å². The van der Waals surface area contributed by atoms with E-state index >= 15 is 0 Å². The highest BCUT2D eigenvalue weighted by Crippen LogP contribution is 2.31. The summed E-state index contributed by atoms with van der Waals surface area (Å²) in [7, 11) is 1.44. The summed E-state index contributed by atoms with van der Waals surface area (Å²) in [5.74, 6) is -0.580. The summed E-state index contributed by atoms with van der Waals surface area (Å²) in [6, 6.07) is 19.3. The zero-order valence-electron chi connectivity index (χ0n) is 19.3. The minimum Gasteiger partial charge on any atom is -0.493 e. The van der Waals surface area contributed by atoms with Crippen LogP contribution in [-0.2, 0) is 4.79 Å². The Kier molecular flexibility index (Phi) is 6.90. The number of hydrogen-bond acceptors (Lipinski definition) is 7. The van der Waals surface area contributed by atoms with E-state index in [0.717, 1.165) is 21.3 Å². The Bertz CT molecular complexity index is 1460. The van der Waals surface area contributed by atoms with Crippen molar-refractivity contribution >= 4 is 44.6 Å². The maximum Gasteiger partial charge on any atom is 0.343 e. The van der Waals surface area contributed by atoms with Gasteiger partial charge in [0, 0.05) is 0 Å². The van der Waals surface area contributed by atoms with Gasteiger partial charge in [0.2, 0.25) is 0 Å². The third-order valence-electron chi connectivity index (χ3n) is 5.30. The summed E-state index contributed by atoms with van der Waals surface area (Å²) in [4.78, 5) is 29.6. The van der Waals surface area contributed by atoms with Gasteiger partial charge in [0.05, 0.1) is 22.9 Å². The molecule has 0 atom stereocenters. The van der Waals surface area contributed by atoms with Crippen LogP contribution in [0.1, 0.15) is 27.0 Å². The number of aryl methyl sites for hydroxylation is 2. The monoisotopic (exact) mass is 483 g/mol. The lowest BCUT2D eigenvalue weighted by Crippen LogP contribution is -2.13. The minimum absolute atomic E-state index is 0.104. The van der Waals surface area contributed by atoms with E-state index in [1.807, 2.05) is 32.0 Å². The van der Waals surface area contributed by atoms with E-state index in [0.29, 0.717) is 16.3 Å². The maximum absolute atomic E-state index is 12.7. The number of aromatic nitrogens is 1. The van der Waals surface area contributed by atoms with Crippen LogP contribution < -0.4 is 14.8 Å². The molecular weight excluding hydrogens is 462 g/mol. The second-order valence-electron chi connectivity index (χ2n) is 7.71. The highest BCUT2D eigenvalue weighted by molar-refractivity contribution is 7.22. The van der Waals surface area contributed by atoms with E-state index < -0.39 is 11.9 Å². The van der Waals surface area contributed by atoms with Crippen LogP contribution in [0.4, 0.5) is 5.13 Å². The average Bonchev–Trinajstić information content (AvgIpc) is 3.24. The number of anilines is 1. The number of benzene rings is 3. The molecule has 35 heavy (non-hydrogen) atoms. The molecule has 4 aromatic rings. The lowest BCUT2D eigenvalue weighted by Gasteiger charge is -2.10. The fourth-order valence-electron chi connectivity index (χ4n) is 3.30. The van der Waals surface area contributed by atoms with Gasteiger partial charge in [-0.2, -0.15) is 5.26 Å². The SMILES string of the molecule is COc1cc(/C=C(\C#N)C(=O)Nc2nc3cc(C)c(C)cc3s2)ccc1OC(=O)c1ccccc1. The molecule has 0 bridgehead atoms. The van der Waals surface area contributed by atoms with Gasteiger partial charge in [-0.25, -0.2) is 9.78 Å². The molecule has 0 fully saturated rings. The van der Waals surface area contributed by atoms with E-state index in [4.69, 9.17) is 9.47 Å². The maximum atomic E-state index is 12.7. The first-order valence-electron chi connectivity index (χ1n) is 10.6. The van der Waals surface area contributed by atoms with Gasteiger partial charge in [-0.15, -0.1) is 0 Å². The number of amides is 1. The number of methoxy groups -OCH3 is 1. The van der Waals surface area contributed by atoms with Gasteiger partial charge in [-0.1, -0.05) is 35.6 Å². The van der Waals surface area contributed by atoms with Gasteiger partial charge in [-0.3, -0.25) is 10.1 Å². The number of carbonyl (C=O) groups excluding carboxylic acids is 2. The van der Waals surface area contributed by atoms with Gasteiger partial charge in [0.15, 0.2) is 16.6 Å². The number of carbonyl (C=O) groups is 2. The van der Waals surface area contributed by atoms with Crippen molar-refractivity contribution in [1.29, 1.82) is 5.26 Å². The van der Waals surface area contributed by atoms with E-state index in [1.165, 1.54) is 24.5 Å². The fraction of sp³-hybridized carbons (Fsp3) is 0.111. The second kappa shape index (κ2) is 10.2.